The third-order valence-electron chi connectivity index (χ3n) is 8.43. The summed E-state index contributed by atoms with van der Waals surface area (Å²) in [6.45, 7) is -0.604. The first-order valence-electron chi connectivity index (χ1n) is 13.5. The maximum atomic E-state index is 15.0. The molecule has 6 rings (SSSR count). The van der Waals surface area contributed by atoms with E-state index in [4.69, 9.17) is 0 Å². The Morgan fingerprint density at radius 2 is 1.81 bits per heavy atom. The van der Waals surface area contributed by atoms with Crippen LogP contribution in [0, 0.1) is 23.5 Å². The number of carbonyl (C=O) groups excluding carboxylic acids is 3. The summed E-state index contributed by atoms with van der Waals surface area (Å²) in [7, 11) is 1.40. The molecule has 3 atom stereocenters. The highest BCUT2D eigenvalue weighted by Gasteiger charge is 2.67. The van der Waals surface area contributed by atoms with Crippen molar-refractivity contribution in [3.8, 4) is 0 Å². The number of carbonyl (C=O) groups is 3. The lowest BCUT2D eigenvalue weighted by Crippen LogP contribution is -2.36. The number of amides is 2. The van der Waals surface area contributed by atoms with Gasteiger partial charge in [-0.15, -0.1) is 0 Å². The van der Waals surface area contributed by atoms with Crippen LogP contribution in [-0.2, 0) is 41.2 Å². The fourth-order valence-electron chi connectivity index (χ4n) is 6.38. The molecule has 0 radical (unpaired) electrons. The summed E-state index contributed by atoms with van der Waals surface area (Å²) in [6, 6.07) is 7.24. The molecule has 0 saturated heterocycles. The van der Waals surface area contributed by atoms with Crippen molar-refractivity contribution < 1.29 is 45.1 Å². The number of aromatic nitrogens is 1. The molecule has 2 aliphatic carbocycles. The fraction of sp³-hybridized carbons (Fsp3) is 0.367. The average Bonchev–Trinajstić information content (AvgIpc) is 3.42. The van der Waals surface area contributed by atoms with E-state index in [0.717, 1.165) is 12.1 Å². The summed E-state index contributed by atoms with van der Waals surface area (Å²) in [4.78, 5) is 40.0. The van der Waals surface area contributed by atoms with Crippen molar-refractivity contribution in [2.45, 2.75) is 50.4 Å². The van der Waals surface area contributed by atoms with E-state index >= 15 is 0 Å². The molecule has 0 spiro atoms. The number of fused-ring (bicyclic) bond motifs is 4. The van der Waals surface area contributed by atoms with Crippen LogP contribution in [0.3, 0.4) is 0 Å². The Kier molecular flexibility index (Phi) is 6.70. The van der Waals surface area contributed by atoms with Gasteiger partial charge in [-0.05, 0) is 65.8 Å². The molecule has 3 aliphatic rings. The Morgan fingerprint density at radius 3 is 2.49 bits per heavy atom. The molecule has 2 aromatic carbocycles. The van der Waals surface area contributed by atoms with Crippen molar-refractivity contribution in [1.29, 1.82) is 0 Å². The number of rotatable bonds is 8. The predicted octanol–water partition coefficient (Wildman–Crippen LogP) is 5.72. The molecular formula is C30H24F7N3O3. The van der Waals surface area contributed by atoms with Crippen molar-refractivity contribution in [3.63, 3.8) is 0 Å². The van der Waals surface area contributed by atoms with E-state index in [1.807, 2.05) is 0 Å². The molecule has 1 saturated carbocycles. The minimum atomic E-state index is -4.90. The SMILES string of the molecule is CN(C(=O)[C@@H](CC(=O)Cn1cc(C(F)(F)F)c2c1C(F)(F)C1CC21)Cc1cc(F)cc(F)c1)c1ccc2c(c1)CNC2=O. The molecule has 1 aliphatic heterocycles. The minimum Gasteiger partial charge on any atom is -0.348 e. The second kappa shape index (κ2) is 9.95. The molecule has 2 amide bonds. The van der Waals surface area contributed by atoms with Gasteiger partial charge in [0.25, 0.3) is 11.8 Å². The molecule has 1 N–H and O–H groups in total. The van der Waals surface area contributed by atoms with Gasteiger partial charge in [-0.2, -0.15) is 22.0 Å². The van der Waals surface area contributed by atoms with E-state index in [9.17, 15) is 45.1 Å². The van der Waals surface area contributed by atoms with E-state index in [1.165, 1.54) is 24.1 Å². The van der Waals surface area contributed by atoms with E-state index in [2.05, 4.69) is 5.32 Å². The highest BCUT2D eigenvalue weighted by molar-refractivity contribution is 6.01. The van der Waals surface area contributed by atoms with Gasteiger partial charge in [-0.1, -0.05) is 0 Å². The minimum absolute atomic E-state index is 0.0497. The second-order valence-electron chi connectivity index (χ2n) is 11.3. The van der Waals surface area contributed by atoms with Crippen LogP contribution >= 0.6 is 0 Å². The van der Waals surface area contributed by atoms with Crippen LogP contribution in [-0.4, -0.2) is 29.2 Å². The molecule has 1 aromatic heterocycles. The summed E-state index contributed by atoms with van der Waals surface area (Å²) < 4.78 is 99.7. The number of nitrogens with zero attached hydrogens (tertiary/aromatic N) is 2. The molecule has 13 heteroatoms. The third kappa shape index (κ3) is 5.08. The summed E-state index contributed by atoms with van der Waals surface area (Å²) in [5.74, 6) is -10.5. The molecule has 43 heavy (non-hydrogen) atoms. The van der Waals surface area contributed by atoms with Crippen LogP contribution in [0.2, 0.25) is 0 Å². The van der Waals surface area contributed by atoms with Crippen molar-refractivity contribution in [3.05, 3.63) is 87.7 Å². The molecule has 226 valence electrons. The number of anilines is 1. The van der Waals surface area contributed by atoms with Crippen molar-refractivity contribution in [2.75, 3.05) is 11.9 Å². The van der Waals surface area contributed by atoms with E-state index in [-0.39, 0.29) is 30.9 Å². The van der Waals surface area contributed by atoms with Gasteiger partial charge in [0, 0.05) is 55.4 Å². The highest BCUT2D eigenvalue weighted by atomic mass is 19.4. The van der Waals surface area contributed by atoms with Gasteiger partial charge < -0.3 is 14.8 Å². The molecule has 1 fully saturated rings. The van der Waals surface area contributed by atoms with Crippen molar-refractivity contribution >= 4 is 23.3 Å². The number of hydrogen-bond acceptors (Lipinski definition) is 3. The Balaban J connectivity index is 1.29. The molecule has 2 unspecified atom stereocenters. The average molecular weight is 608 g/mol. The topological polar surface area (TPSA) is 71.4 Å². The standard InChI is InChI=1S/C30H24F7N3O3/c1-39(19-2-3-21-16(7-19)11-38-27(21)42)28(43)15(4-14-5-17(31)9-18(32)6-14)8-20(41)12-40-13-24(30(35,36)37)25-22-10-23(22)29(33,34)26(25)40/h2-3,5-7,9,13,15,22-23H,4,8,10-12H2,1H3,(H,38,42)/t15-,22?,23?/m1/s1. The Bertz CT molecular complexity index is 1660. The van der Waals surface area contributed by atoms with Gasteiger partial charge in [0.1, 0.15) is 11.6 Å². The summed E-state index contributed by atoms with van der Waals surface area (Å²) in [5.41, 5.74) is -1.05. The molecule has 6 nitrogen and oxygen atoms in total. The lowest BCUT2D eigenvalue weighted by atomic mass is 9.92. The van der Waals surface area contributed by atoms with Gasteiger partial charge in [0.05, 0.1) is 17.8 Å². The smallest absolute Gasteiger partial charge is 0.348 e. The highest BCUT2D eigenvalue weighted by Crippen LogP contribution is 2.69. The maximum absolute atomic E-state index is 15.0. The first-order valence-corrected chi connectivity index (χ1v) is 13.5. The van der Waals surface area contributed by atoms with Crippen LogP contribution in [0.4, 0.5) is 36.4 Å². The zero-order valence-electron chi connectivity index (χ0n) is 22.6. The van der Waals surface area contributed by atoms with Crippen LogP contribution < -0.4 is 10.2 Å². The molecule has 3 aromatic rings. The second-order valence-corrected chi connectivity index (χ2v) is 11.3. The van der Waals surface area contributed by atoms with Crippen LogP contribution in [0.15, 0.2) is 42.6 Å². The van der Waals surface area contributed by atoms with E-state index in [1.54, 1.807) is 6.07 Å². The number of ketones is 1. The van der Waals surface area contributed by atoms with Crippen LogP contribution in [0.25, 0.3) is 0 Å². The fourth-order valence-corrected chi connectivity index (χ4v) is 6.38. The Hall–Kier alpha value is -4.16. The number of nitrogens with one attached hydrogen (secondary N) is 1. The lowest BCUT2D eigenvalue weighted by Gasteiger charge is -2.25. The summed E-state index contributed by atoms with van der Waals surface area (Å²) >= 11 is 0. The zero-order valence-corrected chi connectivity index (χ0v) is 22.6. The first kappa shape index (κ1) is 28.9. The quantitative estimate of drug-likeness (QED) is 0.333. The van der Waals surface area contributed by atoms with Gasteiger partial charge in [0.2, 0.25) is 5.91 Å². The zero-order chi connectivity index (χ0) is 31.0. The molecule has 0 bridgehead atoms. The maximum Gasteiger partial charge on any atom is 0.418 e. The van der Waals surface area contributed by atoms with Gasteiger partial charge >= 0.3 is 6.18 Å². The normalized spacial score (nSPS) is 20.2. The number of benzene rings is 2. The van der Waals surface area contributed by atoms with Crippen LogP contribution in [0.5, 0.6) is 0 Å². The Labute approximate surface area is 240 Å². The van der Waals surface area contributed by atoms with Crippen molar-refractivity contribution in [1.82, 2.24) is 9.88 Å². The molecule has 2 heterocycles. The van der Waals surface area contributed by atoms with Gasteiger partial charge in [0.15, 0.2) is 5.78 Å². The van der Waals surface area contributed by atoms with E-state index < -0.39 is 83.0 Å². The largest absolute Gasteiger partial charge is 0.418 e. The summed E-state index contributed by atoms with van der Waals surface area (Å²) in [6.07, 6.45) is -5.35. The number of halogens is 7. The number of alkyl halides is 5. The Morgan fingerprint density at radius 1 is 1.12 bits per heavy atom. The number of hydrogen-bond donors (Lipinski definition) is 1. The predicted molar refractivity (Wildman–Crippen MR) is 138 cm³/mol. The monoisotopic (exact) mass is 607 g/mol. The first-order chi connectivity index (χ1) is 20.1. The summed E-state index contributed by atoms with van der Waals surface area (Å²) in [5, 5.41) is 2.65. The third-order valence-corrected chi connectivity index (χ3v) is 8.43. The van der Waals surface area contributed by atoms with E-state index in [0.29, 0.717) is 33.6 Å². The van der Waals surface area contributed by atoms with Crippen LogP contribution in [0.1, 0.15) is 57.1 Å². The van der Waals surface area contributed by atoms with Gasteiger partial charge in [-0.3, -0.25) is 14.4 Å². The van der Waals surface area contributed by atoms with Crippen molar-refractivity contribution in [2.24, 2.45) is 11.8 Å². The lowest BCUT2D eigenvalue weighted by molar-refractivity contribution is -0.138. The van der Waals surface area contributed by atoms with Gasteiger partial charge in [-0.25, -0.2) is 8.78 Å². The number of Topliss-reactive ketones (excluding diaryl/α,β-unsaturated/α-hetero) is 1. The molecular weight excluding hydrogens is 583 g/mol.